The Bertz CT molecular complexity index is 357. The van der Waals surface area contributed by atoms with E-state index in [0.717, 1.165) is 5.56 Å². The van der Waals surface area contributed by atoms with Crippen molar-refractivity contribution in [2.45, 2.75) is 13.5 Å². The number of carbonyl (C=O) groups excluding carboxylic acids is 1. The molecule has 14 heavy (non-hydrogen) atoms. The number of hydrogen-bond acceptors (Lipinski definition) is 4. The Morgan fingerprint density at radius 2 is 2.14 bits per heavy atom. The molecule has 0 radical (unpaired) electrons. The lowest BCUT2D eigenvalue weighted by Crippen LogP contribution is -2.03. The van der Waals surface area contributed by atoms with Crippen LogP contribution in [-0.2, 0) is 11.3 Å². The van der Waals surface area contributed by atoms with Crippen molar-refractivity contribution in [3.63, 3.8) is 0 Å². The number of ether oxygens (including phenoxy) is 1. The maximum Gasteiger partial charge on any atom is 0.341 e. The minimum atomic E-state index is -0.610. The van der Waals surface area contributed by atoms with E-state index in [1.165, 1.54) is 13.2 Å². The van der Waals surface area contributed by atoms with Gasteiger partial charge in [-0.2, -0.15) is 0 Å². The number of aliphatic hydroxyl groups excluding tert-OH is 1. The number of carbonyl (C=O) groups is 1. The van der Waals surface area contributed by atoms with E-state index in [4.69, 9.17) is 5.11 Å². The number of rotatable bonds is 2. The molecule has 0 aliphatic carbocycles. The van der Waals surface area contributed by atoms with Crippen LogP contribution in [0.25, 0.3) is 0 Å². The molecule has 0 bridgehead atoms. The van der Waals surface area contributed by atoms with E-state index in [9.17, 15) is 9.90 Å². The lowest BCUT2D eigenvalue weighted by Gasteiger charge is -2.07. The summed E-state index contributed by atoms with van der Waals surface area (Å²) in [6.07, 6.45) is 0. The number of phenols is 1. The summed E-state index contributed by atoms with van der Waals surface area (Å²) in [7, 11) is 1.24. The summed E-state index contributed by atoms with van der Waals surface area (Å²) in [6.45, 7) is 1.46. The summed E-state index contributed by atoms with van der Waals surface area (Å²) < 4.78 is 4.49. The average molecular weight is 196 g/mol. The van der Waals surface area contributed by atoms with Crippen molar-refractivity contribution >= 4 is 5.97 Å². The van der Waals surface area contributed by atoms with Gasteiger partial charge in [0, 0.05) is 5.56 Å². The normalized spacial score (nSPS) is 9.93. The quantitative estimate of drug-likeness (QED) is 0.692. The third-order valence-corrected chi connectivity index (χ3v) is 1.91. The first kappa shape index (κ1) is 10.5. The second kappa shape index (κ2) is 4.11. The van der Waals surface area contributed by atoms with Gasteiger partial charge in [0.15, 0.2) is 0 Å². The van der Waals surface area contributed by atoms with E-state index < -0.39 is 5.97 Å². The van der Waals surface area contributed by atoms with Crippen LogP contribution >= 0.6 is 0 Å². The van der Waals surface area contributed by atoms with Crippen molar-refractivity contribution in [2.24, 2.45) is 0 Å². The van der Waals surface area contributed by atoms with Crippen molar-refractivity contribution < 1.29 is 19.7 Å². The topological polar surface area (TPSA) is 66.8 Å². The highest BCUT2D eigenvalue weighted by Gasteiger charge is 2.15. The number of aliphatic hydroxyl groups is 1. The monoisotopic (exact) mass is 196 g/mol. The summed E-state index contributed by atoms with van der Waals surface area (Å²) in [4.78, 5) is 11.2. The molecule has 1 rings (SSSR count). The lowest BCUT2D eigenvalue weighted by molar-refractivity contribution is 0.0597. The van der Waals surface area contributed by atoms with Crippen LogP contribution in [0.1, 0.15) is 21.5 Å². The molecule has 0 atom stereocenters. The van der Waals surface area contributed by atoms with Crippen molar-refractivity contribution in [1.29, 1.82) is 0 Å². The molecule has 4 heteroatoms. The fraction of sp³-hybridized carbons (Fsp3) is 0.300. The molecule has 0 aliphatic heterocycles. The molecular weight excluding hydrogens is 184 g/mol. The lowest BCUT2D eigenvalue weighted by atomic mass is 10.1. The van der Waals surface area contributed by atoms with Gasteiger partial charge in [-0.25, -0.2) is 4.79 Å². The molecule has 1 aromatic carbocycles. The van der Waals surface area contributed by atoms with Gasteiger partial charge in [-0.15, -0.1) is 0 Å². The van der Waals surface area contributed by atoms with Gasteiger partial charge < -0.3 is 14.9 Å². The molecule has 0 heterocycles. The van der Waals surface area contributed by atoms with Gasteiger partial charge in [0.1, 0.15) is 11.3 Å². The number of benzene rings is 1. The first-order valence-electron chi connectivity index (χ1n) is 4.11. The maximum atomic E-state index is 11.2. The first-order valence-corrected chi connectivity index (χ1v) is 4.11. The Morgan fingerprint density at radius 3 is 2.64 bits per heavy atom. The zero-order chi connectivity index (χ0) is 10.7. The Morgan fingerprint density at radius 1 is 1.50 bits per heavy atom. The van der Waals surface area contributed by atoms with Crippen LogP contribution in [0.5, 0.6) is 5.75 Å². The molecule has 0 amide bonds. The highest BCUT2D eigenvalue weighted by molar-refractivity contribution is 5.93. The van der Waals surface area contributed by atoms with E-state index in [1.807, 2.05) is 0 Å². The third kappa shape index (κ3) is 1.85. The molecule has 0 fully saturated rings. The predicted molar refractivity (Wildman–Crippen MR) is 50.1 cm³/mol. The zero-order valence-electron chi connectivity index (χ0n) is 8.07. The SMILES string of the molecule is COC(=O)c1cc(C)cc(CO)c1O. The molecule has 76 valence electrons. The minimum absolute atomic E-state index is 0.0801. The smallest absolute Gasteiger partial charge is 0.341 e. The molecule has 2 N–H and O–H groups in total. The molecule has 0 unspecified atom stereocenters. The van der Waals surface area contributed by atoms with Gasteiger partial charge in [0.05, 0.1) is 13.7 Å². The van der Waals surface area contributed by atoms with Crippen LogP contribution in [0.3, 0.4) is 0 Å². The fourth-order valence-electron chi connectivity index (χ4n) is 1.24. The van der Waals surface area contributed by atoms with Crippen LogP contribution < -0.4 is 0 Å². The fourth-order valence-corrected chi connectivity index (χ4v) is 1.24. The third-order valence-electron chi connectivity index (χ3n) is 1.91. The number of hydrogen-bond donors (Lipinski definition) is 2. The van der Waals surface area contributed by atoms with Gasteiger partial charge in [-0.3, -0.25) is 0 Å². The zero-order valence-corrected chi connectivity index (χ0v) is 8.07. The number of aryl methyl sites for hydroxylation is 1. The van der Waals surface area contributed by atoms with Crippen molar-refractivity contribution in [3.05, 3.63) is 28.8 Å². The standard InChI is InChI=1S/C10H12O4/c1-6-3-7(5-11)9(12)8(4-6)10(13)14-2/h3-4,11-12H,5H2,1-2H3. The highest BCUT2D eigenvalue weighted by atomic mass is 16.5. The molecule has 0 spiro atoms. The van der Waals surface area contributed by atoms with Gasteiger partial charge >= 0.3 is 5.97 Å². The van der Waals surface area contributed by atoms with E-state index in [-0.39, 0.29) is 17.9 Å². The summed E-state index contributed by atoms with van der Waals surface area (Å²) in [6, 6.07) is 3.13. The Labute approximate surface area is 81.8 Å². The molecule has 0 aromatic heterocycles. The van der Waals surface area contributed by atoms with Crippen molar-refractivity contribution in [1.82, 2.24) is 0 Å². The maximum absolute atomic E-state index is 11.2. The first-order chi connectivity index (χ1) is 6.60. The summed E-state index contributed by atoms with van der Waals surface area (Å²) in [5, 5.41) is 18.5. The van der Waals surface area contributed by atoms with Crippen LogP contribution in [-0.4, -0.2) is 23.3 Å². The number of methoxy groups -OCH3 is 1. The summed E-state index contributed by atoms with van der Waals surface area (Å²) in [5.41, 5.74) is 1.19. The van der Waals surface area contributed by atoms with Gasteiger partial charge in [-0.1, -0.05) is 6.07 Å². The predicted octanol–water partition coefficient (Wildman–Crippen LogP) is 0.980. The van der Waals surface area contributed by atoms with Gasteiger partial charge in [0.2, 0.25) is 0 Å². The van der Waals surface area contributed by atoms with E-state index in [1.54, 1.807) is 13.0 Å². The molecule has 0 saturated carbocycles. The highest BCUT2D eigenvalue weighted by Crippen LogP contribution is 2.25. The van der Waals surface area contributed by atoms with Gasteiger partial charge in [-0.05, 0) is 18.6 Å². The van der Waals surface area contributed by atoms with Crippen LogP contribution in [0.2, 0.25) is 0 Å². The van der Waals surface area contributed by atoms with Crippen LogP contribution in [0.15, 0.2) is 12.1 Å². The molecular formula is C10H12O4. The molecule has 1 aromatic rings. The largest absolute Gasteiger partial charge is 0.507 e. The Kier molecular flexibility index (Phi) is 3.09. The molecule has 0 aliphatic rings. The average Bonchev–Trinajstić information content (AvgIpc) is 2.19. The van der Waals surface area contributed by atoms with E-state index in [0.29, 0.717) is 5.56 Å². The Hall–Kier alpha value is -1.55. The molecule has 0 saturated heterocycles. The molecule has 4 nitrogen and oxygen atoms in total. The van der Waals surface area contributed by atoms with Crippen LogP contribution in [0.4, 0.5) is 0 Å². The van der Waals surface area contributed by atoms with E-state index in [2.05, 4.69) is 4.74 Å². The second-order valence-corrected chi connectivity index (χ2v) is 2.97. The number of esters is 1. The summed E-state index contributed by atoms with van der Waals surface area (Å²) >= 11 is 0. The Balaban J connectivity index is 3.29. The van der Waals surface area contributed by atoms with Gasteiger partial charge in [0.25, 0.3) is 0 Å². The van der Waals surface area contributed by atoms with Crippen LogP contribution in [0, 0.1) is 6.92 Å². The number of aromatic hydroxyl groups is 1. The minimum Gasteiger partial charge on any atom is -0.507 e. The summed E-state index contributed by atoms with van der Waals surface area (Å²) in [5.74, 6) is -0.828. The van der Waals surface area contributed by atoms with Crippen molar-refractivity contribution in [2.75, 3.05) is 7.11 Å². The van der Waals surface area contributed by atoms with Crippen molar-refractivity contribution in [3.8, 4) is 5.75 Å². The second-order valence-electron chi connectivity index (χ2n) is 2.97. The van der Waals surface area contributed by atoms with E-state index >= 15 is 0 Å².